The van der Waals surface area contributed by atoms with Crippen molar-refractivity contribution in [2.75, 3.05) is 5.75 Å². The number of nitrogens with zero attached hydrogens (tertiary/aromatic N) is 1. The van der Waals surface area contributed by atoms with Gasteiger partial charge in [-0.2, -0.15) is 0 Å². The number of nitrogens with one attached hydrogen (secondary N) is 1. The standard InChI is InChI=1S/C31H35ClN2O2S/c32-27-16-10-15-26(19-27)21-34(30(35)23-37-22-25-13-6-2-7-14-25)29(20-24-11-4-1-5-12-24)31(36)33-28-17-8-3-9-18-28/h1-2,4-7,10-16,19,28-29H,3,8-9,17-18,20-23H2,(H,33,36)/t29-/m0/s1. The number of carbonyl (C=O) groups is 2. The maximum atomic E-state index is 13.8. The molecule has 4 rings (SSSR count). The molecule has 0 aliphatic heterocycles. The highest BCUT2D eigenvalue weighted by Gasteiger charge is 2.31. The van der Waals surface area contributed by atoms with Crippen LogP contribution >= 0.6 is 23.4 Å². The largest absolute Gasteiger partial charge is 0.352 e. The molecule has 0 spiro atoms. The Balaban J connectivity index is 1.56. The smallest absolute Gasteiger partial charge is 0.243 e. The summed E-state index contributed by atoms with van der Waals surface area (Å²) in [5, 5.41) is 3.91. The first-order valence-electron chi connectivity index (χ1n) is 13.1. The van der Waals surface area contributed by atoms with E-state index in [-0.39, 0.29) is 17.9 Å². The molecule has 37 heavy (non-hydrogen) atoms. The van der Waals surface area contributed by atoms with Gasteiger partial charge in [-0.1, -0.05) is 104 Å². The molecule has 1 atom stereocenters. The van der Waals surface area contributed by atoms with Crippen molar-refractivity contribution in [2.45, 2.75) is 62.9 Å². The van der Waals surface area contributed by atoms with Crippen LogP contribution in [0.5, 0.6) is 0 Å². The number of halogens is 1. The van der Waals surface area contributed by atoms with Crippen molar-refractivity contribution in [1.29, 1.82) is 0 Å². The number of hydrogen-bond acceptors (Lipinski definition) is 3. The minimum absolute atomic E-state index is 0.0411. The molecule has 0 unspecified atom stereocenters. The first kappa shape index (κ1) is 27.3. The Bertz CT molecular complexity index is 1140. The summed E-state index contributed by atoms with van der Waals surface area (Å²) < 4.78 is 0. The zero-order chi connectivity index (χ0) is 25.9. The molecule has 1 fully saturated rings. The van der Waals surface area contributed by atoms with Crippen LogP contribution in [0.15, 0.2) is 84.9 Å². The van der Waals surface area contributed by atoms with Crippen molar-refractivity contribution in [2.24, 2.45) is 0 Å². The Morgan fingerprint density at radius 1 is 0.865 bits per heavy atom. The minimum Gasteiger partial charge on any atom is -0.352 e. The van der Waals surface area contributed by atoms with E-state index in [0.29, 0.717) is 23.7 Å². The molecule has 2 amide bonds. The highest BCUT2D eigenvalue weighted by Crippen LogP contribution is 2.22. The molecule has 1 N–H and O–H groups in total. The van der Waals surface area contributed by atoms with Gasteiger partial charge in [-0.05, 0) is 41.7 Å². The molecule has 0 radical (unpaired) electrons. The average Bonchev–Trinajstić information content (AvgIpc) is 2.92. The second-order valence-corrected chi connectivity index (χ2v) is 11.1. The van der Waals surface area contributed by atoms with Crippen LogP contribution in [0.2, 0.25) is 5.02 Å². The highest BCUT2D eigenvalue weighted by atomic mass is 35.5. The van der Waals surface area contributed by atoms with Gasteiger partial charge in [0.1, 0.15) is 6.04 Å². The molecule has 1 saturated carbocycles. The van der Waals surface area contributed by atoms with E-state index in [4.69, 9.17) is 11.6 Å². The molecule has 0 saturated heterocycles. The third-order valence-corrected chi connectivity index (χ3v) is 8.03. The number of rotatable bonds is 11. The molecule has 4 nitrogen and oxygen atoms in total. The van der Waals surface area contributed by atoms with Gasteiger partial charge in [0.25, 0.3) is 0 Å². The van der Waals surface area contributed by atoms with Gasteiger partial charge in [-0.3, -0.25) is 9.59 Å². The van der Waals surface area contributed by atoms with Crippen LogP contribution in [-0.2, 0) is 28.3 Å². The van der Waals surface area contributed by atoms with E-state index < -0.39 is 6.04 Å². The zero-order valence-corrected chi connectivity index (χ0v) is 22.7. The average molecular weight is 535 g/mol. The Kier molecular flexibility index (Phi) is 10.5. The molecule has 1 aliphatic carbocycles. The molecule has 0 bridgehead atoms. The number of benzene rings is 3. The van der Waals surface area contributed by atoms with Crippen molar-refractivity contribution in [1.82, 2.24) is 10.2 Å². The van der Waals surface area contributed by atoms with E-state index in [2.05, 4.69) is 17.4 Å². The lowest BCUT2D eigenvalue weighted by Crippen LogP contribution is -2.53. The van der Waals surface area contributed by atoms with Crippen molar-refractivity contribution in [3.63, 3.8) is 0 Å². The van der Waals surface area contributed by atoms with Crippen molar-refractivity contribution >= 4 is 35.2 Å². The van der Waals surface area contributed by atoms with Crippen LogP contribution in [-0.4, -0.2) is 34.6 Å². The Labute approximate surface area is 229 Å². The molecular weight excluding hydrogens is 500 g/mol. The summed E-state index contributed by atoms with van der Waals surface area (Å²) in [7, 11) is 0. The number of amides is 2. The van der Waals surface area contributed by atoms with Crippen LogP contribution in [0.1, 0.15) is 48.8 Å². The van der Waals surface area contributed by atoms with E-state index in [1.807, 2.05) is 72.8 Å². The van der Waals surface area contributed by atoms with Gasteiger partial charge >= 0.3 is 0 Å². The molecular formula is C31H35ClN2O2S. The Morgan fingerprint density at radius 2 is 1.51 bits per heavy atom. The fourth-order valence-corrected chi connectivity index (χ4v) is 5.93. The Morgan fingerprint density at radius 3 is 2.19 bits per heavy atom. The van der Waals surface area contributed by atoms with Gasteiger partial charge in [0.05, 0.1) is 5.75 Å². The normalized spacial score (nSPS) is 14.6. The van der Waals surface area contributed by atoms with Crippen LogP contribution < -0.4 is 5.32 Å². The minimum atomic E-state index is -0.604. The number of hydrogen-bond donors (Lipinski definition) is 1. The van der Waals surface area contributed by atoms with Gasteiger partial charge in [-0.25, -0.2) is 0 Å². The van der Waals surface area contributed by atoms with E-state index in [9.17, 15) is 9.59 Å². The molecule has 0 heterocycles. The van der Waals surface area contributed by atoms with Gasteiger partial charge in [0.15, 0.2) is 0 Å². The quantitative estimate of drug-likeness (QED) is 0.299. The monoisotopic (exact) mass is 534 g/mol. The third kappa shape index (κ3) is 8.65. The predicted octanol–water partition coefficient (Wildman–Crippen LogP) is 6.66. The molecule has 3 aromatic carbocycles. The second kappa shape index (κ2) is 14.3. The van der Waals surface area contributed by atoms with Gasteiger partial charge in [-0.15, -0.1) is 11.8 Å². The fraction of sp³-hybridized carbons (Fsp3) is 0.355. The summed E-state index contributed by atoms with van der Waals surface area (Å²) >= 11 is 7.85. The SMILES string of the molecule is O=C(NC1CCCCC1)[C@H](Cc1ccccc1)N(Cc1cccc(Cl)c1)C(=O)CSCc1ccccc1. The maximum Gasteiger partial charge on any atom is 0.243 e. The van der Waals surface area contributed by atoms with E-state index in [0.717, 1.165) is 42.6 Å². The van der Waals surface area contributed by atoms with Crippen molar-refractivity contribution in [3.05, 3.63) is 107 Å². The fourth-order valence-electron chi connectivity index (χ4n) is 4.84. The first-order chi connectivity index (χ1) is 18.1. The lowest BCUT2D eigenvalue weighted by molar-refractivity contribution is -0.139. The lowest BCUT2D eigenvalue weighted by atomic mass is 9.94. The summed E-state index contributed by atoms with van der Waals surface area (Å²) in [4.78, 5) is 29.3. The van der Waals surface area contributed by atoms with Gasteiger partial charge in [0.2, 0.25) is 11.8 Å². The van der Waals surface area contributed by atoms with Crippen molar-refractivity contribution in [3.8, 4) is 0 Å². The summed E-state index contributed by atoms with van der Waals surface area (Å²) in [6.07, 6.45) is 5.95. The summed E-state index contributed by atoms with van der Waals surface area (Å²) in [5.41, 5.74) is 3.13. The predicted molar refractivity (Wildman–Crippen MR) is 154 cm³/mol. The van der Waals surface area contributed by atoms with Crippen LogP contribution in [0.4, 0.5) is 0 Å². The van der Waals surface area contributed by atoms with Crippen LogP contribution in [0.3, 0.4) is 0 Å². The van der Waals surface area contributed by atoms with E-state index >= 15 is 0 Å². The molecule has 6 heteroatoms. The molecule has 0 aromatic heterocycles. The van der Waals surface area contributed by atoms with Crippen molar-refractivity contribution < 1.29 is 9.59 Å². The summed E-state index contributed by atoms with van der Waals surface area (Å²) in [5.74, 6) is 0.937. The van der Waals surface area contributed by atoms with Gasteiger partial charge < -0.3 is 10.2 Å². The topological polar surface area (TPSA) is 49.4 Å². The molecule has 3 aromatic rings. The highest BCUT2D eigenvalue weighted by molar-refractivity contribution is 7.99. The summed E-state index contributed by atoms with van der Waals surface area (Å²) in [6.45, 7) is 0.334. The zero-order valence-electron chi connectivity index (χ0n) is 21.2. The summed E-state index contributed by atoms with van der Waals surface area (Å²) in [6, 6.07) is 27.2. The maximum absolute atomic E-state index is 13.8. The lowest BCUT2D eigenvalue weighted by Gasteiger charge is -2.33. The van der Waals surface area contributed by atoms with E-state index in [1.54, 1.807) is 16.7 Å². The number of carbonyl (C=O) groups excluding carboxylic acids is 2. The second-order valence-electron chi connectivity index (χ2n) is 9.68. The number of thioether (sulfide) groups is 1. The Hall–Kier alpha value is -2.76. The third-order valence-electron chi connectivity index (χ3n) is 6.80. The van der Waals surface area contributed by atoms with E-state index in [1.165, 1.54) is 12.0 Å². The van der Waals surface area contributed by atoms with Crippen LogP contribution in [0, 0.1) is 0 Å². The molecule has 194 valence electrons. The molecule has 1 aliphatic rings. The van der Waals surface area contributed by atoms with Crippen LogP contribution in [0.25, 0.3) is 0 Å². The van der Waals surface area contributed by atoms with Gasteiger partial charge in [0, 0.05) is 29.8 Å². The first-order valence-corrected chi connectivity index (χ1v) is 14.6.